The molecule has 0 aliphatic heterocycles. The first-order valence-electron chi connectivity index (χ1n) is 6.56. The predicted octanol–water partition coefficient (Wildman–Crippen LogP) is 2.93. The quantitative estimate of drug-likeness (QED) is 0.603. The highest BCUT2D eigenvalue weighted by Gasteiger charge is 2.14. The number of hydrogen-bond acceptors (Lipinski definition) is 3. The smallest absolute Gasteiger partial charge is 0.0543 e. The Balaban J connectivity index is 2.85. The molecule has 0 amide bonds. The molecule has 0 fully saturated rings. The number of hydrogen-bond donors (Lipinski definition) is 2. The van der Waals surface area contributed by atoms with Gasteiger partial charge >= 0.3 is 0 Å². The van der Waals surface area contributed by atoms with Gasteiger partial charge in [-0.25, -0.2) is 0 Å². The number of aryl methyl sites for hydroxylation is 3. The zero-order valence-electron chi connectivity index (χ0n) is 12.2. The topological polar surface area (TPSA) is 47.3 Å². The molecule has 102 valence electrons. The van der Waals surface area contributed by atoms with Gasteiger partial charge in [-0.3, -0.25) is 11.3 Å². The zero-order chi connectivity index (χ0) is 13.7. The molecule has 2 atom stereocenters. The Morgan fingerprint density at radius 3 is 2.28 bits per heavy atom. The fraction of sp³-hybridized carbons (Fsp3) is 0.600. The maximum atomic E-state index is 5.70. The molecule has 0 aliphatic carbocycles. The lowest BCUT2D eigenvalue weighted by Gasteiger charge is -2.21. The van der Waals surface area contributed by atoms with Gasteiger partial charge in [-0.1, -0.05) is 12.1 Å². The van der Waals surface area contributed by atoms with Crippen LogP contribution in [0.3, 0.4) is 0 Å². The minimum absolute atomic E-state index is 0.196. The Morgan fingerprint density at radius 1 is 1.11 bits per heavy atom. The molecule has 0 aromatic heterocycles. The van der Waals surface area contributed by atoms with Crippen molar-refractivity contribution in [2.24, 2.45) is 5.84 Å². The van der Waals surface area contributed by atoms with E-state index in [2.05, 4.69) is 45.3 Å². The first kappa shape index (κ1) is 15.2. The Morgan fingerprint density at radius 2 is 1.72 bits per heavy atom. The average Bonchev–Trinajstić information content (AvgIpc) is 2.35. The number of nitrogens with two attached hydrogens (primary N) is 1. The highest BCUT2D eigenvalue weighted by atomic mass is 16.5. The van der Waals surface area contributed by atoms with Crippen LogP contribution in [0.1, 0.15) is 48.1 Å². The summed E-state index contributed by atoms with van der Waals surface area (Å²) in [6, 6.07) is 4.67. The van der Waals surface area contributed by atoms with E-state index in [4.69, 9.17) is 10.6 Å². The van der Waals surface area contributed by atoms with E-state index in [-0.39, 0.29) is 12.1 Å². The van der Waals surface area contributed by atoms with Gasteiger partial charge in [0.25, 0.3) is 0 Å². The molecule has 0 saturated heterocycles. The van der Waals surface area contributed by atoms with Crippen molar-refractivity contribution in [2.45, 2.75) is 52.7 Å². The number of benzene rings is 1. The highest BCUT2D eigenvalue weighted by molar-refractivity contribution is 5.38. The molecule has 2 unspecified atom stereocenters. The largest absolute Gasteiger partial charge is 0.382 e. The summed E-state index contributed by atoms with van der Waals surface area (Å²) in [6.07, 6.45) is 2.25. The lowest BCUT2D eigenvalue weighted by Crippen LogP contribution is -2.29. The van der Waals surface area contributed by atoms with Gasteiger partial charge in [0, 0.05) is 13.2 Å². The number of hydrazine groups is 1. The first-order valence-corrected chi connectivity index (χ1v) is 6.56. The summed E-state index contributed by atoms with van der Waals surface area (Å²) < 4.78 is 5.29. The summed E-state index contributed by atoms with van der Waals surface area (Å²) >= 11 is 0. The van der Waals surface area contributed by atoms with Crippen molar-refractivity contribution in [1.82, 2.24) is 5.43 Å². The Kier molecular flexibility index (Phi) is 5.79. The van der Waals surface area contributed by atoms with Crippen LogP contribution < -0.4 is 11.3 Å². The Hall–Kier alpha value is -0.900. The molecule has 3 heteroatoms. The minimum Gasteiger partial charge on any atom is -0.382 e. The van der Waals surface area contributed by atoms with E-state index in [1.807, 2.05) is 0 Å². The molecule has 0 spiro atoms. The standard InChI is InChI=1S/C15H26N2O/c1-10-8-12(3)14(9-11(10)2)15(17-16)7-6-13(4)18-5/h8-9,13,15,17H,6-7,16H2,1-5H3. The van der Waals surface area contributed by atoms with E-state index in [0.29, 0.717) is 0 Å². The van der Waals surface area contributed by atoms with E-state index in [0.717, 1.165) is 12.8 Å². The number of nitrogens with one attached hydrogen (secondary N) is 1. The van der Waals surface area contributed by atoms with Crippen molar-refractivity contribution in [2.75, 3.05) is 7.11 Å². The van der Waals surface area contributed by atoms with Crippen LogP contribution in [-0.4, -0.2) is 13.2 Å². The van der Waals surface area contributed by atoms with E-state index >= 15 is 0 Å². The molecular weight excluding hydrogens is 224 g/mol. The molecule has 0 saturated carbocycles. The first-order chi connectivity index (χ1) is 8.49. The van der Waals surface area contributed by atoms with Crippen LogP contribution in [0.25, 0.3) is 0 Å². The molecule has 1 aromatic carbocycles. The second-order valence-electron chi connectivity index (χ2n) is 5.14. The van der Waals surface area contributed by atoms with Crippen LogP contribution in [-0.2, 0) is 4.74 Å². The van der Waals surface area contributed by atoms with E-state index in [9.17, 15) is 0 Å². The third kappa shape index (κ3) is 3.80. The van der Waals surface area contributed by atoms with E-state index in [1.54, 1.807) is 7.11 Å². The SMILES string of the molecule is COC(C)CCC(NN)c1cc(C)c(C)cc1C. The lowest BCUT2D eigenvalue weighted by atomic mass is 9.93. The molecule has 1 aromatic rings. The van der Waals surface area contributed by atoms with E-state index < -0.39 is 0 Å². The minimum atomic E-state index is 0.196. The van der Waals surface area contributed by atoms with Crippen molar-refractivity contribution >= 4 is 0 Å². The molecular formula is C15H26N2O. The molecule has 0 bridgehead atoms. The number of ether oxygens (including phenoxy) is 1. The van der Waals surface area contributed by atoms with Crippen molar-refractivity contribution in [3.63, 3.8) is 0 Å². The normalized spacial score (nSPS) is 14.6. The second-order valence-corrected chi connectivity index (χ2v) is 5.14. The molecule has 1 rings (SSSR count). The van der Waals surface area contributed by atoms with Gasteiger partial charge in [0.05, 0.1) is 6.10 Å². The van der Waals surface area contributed by atoms with Crippen molar-refractivity contribution in [3.8, 4) is 0 Å². The number of methoxy groups -OCH3 is 1. The van der Waals surface area contributed by atoms with Crippen LogP contribution in [0, 0.1) is 20.8 Å². The number of rotatable bonds is 6. The maximum absolute atomic E-state index is 5.70. The molecule has 0 aliphatic rings. The van der Waals surface area contributed by atoms with Crippen molar-refractivity contribution < 1.29 is 4.74 Å². The van der Waals surface area contributed by atoms with Crippen molar-refractivity contribution in [1.29, 1.82) is 0 Å². The van der Waals surface area contributed by atoms with Crippen molar-refractivity contribution in [3.05, 3.63) is 34.4 Å². The zero-order valence-corrected chi connectivity index (χ0v) is 12.2. The van der Waals surface area contributed by atoms with Gasteiger partial charge in [0.2, 0.25) is 0 Å². The van der Waals surface area contributed by atoms with Gasteiger partial charge in [0.15, 0.2) is 0 Å². The summed E-state index contributed by atoms with van der Waals surface area (Å²) in [6.45, 7) is 8.51. The maximum Gasteiger partial charge on any atom is 0.0543 e. The van der Waals surface area contributed by atoms with Crippen LogP contribution in [0.15, 0.2) is 12.1 Å². The summed E-state index contributed by atoms with van der Waals surface area (Å²) in [5.74, 6) is 5.70. The van der Waals surface area contributed by atoms with Gasteiger partial charge < -0.3 is 4.74 Å². The fourth-order valence-electron chi connectivity index (χ4n) is 2.21. The molecule has 0 heterocycles. The lowest BCUT2D eigenvalue weighted by molar-refractivity contribution is 0.106. The van der Waals surface area contributed by atoms with Crippen LogP contribution in [0.2, 0.25) is 0 Å². The third-order valence-corrected chi connectivity index (χ3v) is 3.72. The fourth-order valence-corrected chi connectivity index (χ4v) is 2.21. The summed E-state index contributed by atoms with van der Waals surface area (Å²) in [5.41, 5.74) is 8.17. The molecule has 0 radical (unpaired) electrons. The Bertz CT molecular complexity index is 390. The summed E-state index contributed by atoms with van der Waals surface area (Å²) in [4.78, 5) is 0. The third-order valence-electron chi connectivity index (χ3n) is 3.72. The van der Waals surface area contributed by atoms with Gasteiger partial charge in [-0.15, -0.1) is 0 Å². The van der Waals surface area contributed by atoms with Gasteiger partial charge in [-0.2, -0.15) is 0 Å². The van der Waals surface area contributed by atoms with Crippen LogP contribution in [0.5, 0.6) is 0 Å². The second kappa shape index (κ2) is 6.88. The summed E-state index contributed by atoms with van der Waals surface area (Å²) in [5, 5.41) is 0. The monoisotopic (exact) mass is 250 g/mol. The van der Waals surface area contributed by atoms with Crippen LogP contribution >= 0.6 is 0 Å². The Labute approximate surface area is 111 Å². The molecule has 3 N–H and O–H groups in total. The highest BCUT2D eigenvalue weighted by Crippen LogP contribution is 2.25. The predicted molar refractivity (Wildman–Crippen MR) is 76.4 cm³/mol. The molecule has 18 heavy (non-hydrogen) atoms. The average molecular weight is 250 g/mol. The molecule has 3 nitrogen and oxygen atoms in total. The van der Waals surface area contributed by atoms with Gasteiger partial charge in [-0.05, 0) is 62.8 Å². The van der Waals surface area contributed by atoms with Gasteiger partial charge in [0.1, 0.15) is 0 Å². The summed E-state index contributed by atoms with van der Waals surface area (Å²) in [7, 11) is 1.75. The van der Waals surface area contributed by atoms with E-state index in [1.165, 1.54) is 22.3 Å². The van der Waals surface area contributed by atoms with Crippen LogP contribution in [0.4, 0.5) is 0 Å².